The van der Waals surface area contributed by atoms with Gasteiger partial charge in [-0.15, -0.1) is 11.3 Å². The first-order valence-corrected chi connectivity index (χ1v) is 8.42. The molecule has 0 aliphatic carbocycles. The molecule has 3 nitrogen and oxygen atoms in total. The Morgan fingerprint density at radius 1 is 1.18 bits per heavy atom. The number of methoxy groups -OCH3 is 1. The van der Waals surface area contributed by atoms with Crippen LogP contribution in [0.3, 0.4) is 0 Å². The molecular formula is C18H25NO2S. The van der Waals surface area contributed by atoms with Gasteiger partial charge in [-0.3, -0.25) is 4.90 Å². The van der Waals surface area contributed by atoms with Gasteiger partial charge in [-0.2, -0.15) is 0 Å². The van der Waals surface area contributed by atoms with E-state index in [1.165, 1.54) is 4.88 Å². The van der Waals surface area contributed by atoms with E-state index in [1.54, 1.807) is 18.4 Å². The Morgan fingerprint density at radius 3 is 2.59 bits per heavy atom. The van der Waals surface area contributed by atoms with Crippen LogP contribution in [-0.2, 0) is 16.9 Å². The van der Waals surface area contributed by atoms with Crippen LogP contribution in [0.15, 0.2) is 41.8 Å². The Balaban J connectivity index is 2.06. The zero-order valence-corrected chi connectivity index (χ0v) is 14.7. The number of likely N-dealkylation sites (N-methyl/N-ethyl adjacent to an activating group) is 1. The van der Waals surface area contributed by atoms with Crippen molar-refractivity contribution in [2.45, 2.75) is 25.5 Å². The number of hydrogen-bond acceptors (Lipinski definition) is 4. The zero-order valence-electron chi connectivity index (χ0n) is 13.8. The lowest BCUT2D eigenvalue weighted by Gasteiger charge is -2.38. The van der Waals surface area contributed by atoms with E-state index >= 15 is 0 Å². The fourth-order valence-electron chi connectivity index (χ4n) is 2.66. The fraction of sp³-hybridized carbons (Fsp3) is 0.444. The molecule has 2 rings (SSSR count). The van der Waals surface area contributed by atoms with Crippen molar-refractivity contribution in [2.24, 2.45) is 0 Å². The van der Waals surface area contributed by atoms with Gasteiger partial charge >= 0.3 is 0 Å². The molecule has 2 aromatic rings. The predicted molar refractivity (Wildman–Crippen MR) is 92.6 cm³/mol. The van der Waals surface area contributed by atoms with Crippen LogP contribution in [0.5, 0.6) is 5.75 Å². The van der Waals surface area contributed by atoms with Crippen LogP contribution in [-0.4, -0.2) is 32.7 Å². The van der Waals surface area contributed by atoms with Gasteiger partial charge in [0.1, 0.15) is 5.75 Å². The topological polar surface area (TPSA) is 21.7 Å². The van der Waals surface area contributed by atoms with Crippen molar-refractivity contribution in [3.8, 4) is 5.75 Å². The third-order valence-electron chi connectivity index (χ3n) is 4.16. The summed E-state index contributed by atoms with van der Waals surface area (Å²) in [6, 6.07) is 12.3. The standard InChI is InChI=1S/C18H25NO2S/c1-5-18(19(2)3,17-10-7-11-22-17)14-21-13-15-8-6-9-16(12-15)20-4/h6-12H,5,13-14H2,1-4H3. The normalized spacial score (nSPS) is 14.0. The average Bonchev–Trinajstić information content (AvgIpc) is 3.06. The van der Waals surface area contributed by atoms with E-state index in [4.69, 9.17) is 9.47 Å². The molecule has 0 saturated heterocycles. The lowest BCUT2D eigenvalue weighted by molar-refractivity contribution is 0.00404. The van der Waals surface area contributed by atoms with Gasteiger partial charge in [0.2, 0.25) is 0 Å². The summed E-state index contributed by atoms with van der Waals surface area (Å²) in [7, 11) is 5.93. The van der Waals surface area contributed by atoms with Crippen LogP contribution in [0.1, 0.15) is 23.8 Å². The van der Waals surface area contributed by atoms with Crippen LogP contribution in [0.2, 0.25) is 0 Å². The summed E-state index contributed by atoms with van der Waals surface area (Å²) in [5, 5.41) is 2.13. The first-order valence-electron chi connectivity index (χ1n) is 7.54. The van der Waals surface area contributed by atoms with Gasteiger partial charge in [0.25, 0.3) is 0 Å². The van der Waals surface area contributed by atoms with Gasteiger partial charge in [0.05, 0.1) is 25.9 Å². The van der Waals surface area contributed by atoms with Crippen LogP contribution in [0.25, 0.3) is 0 Å². The van der Waals surface area contributed by atoms with Gasteiger partial charge < -0.3 is 9.47 Å². The van der Waals surface area contributed by atoms with Crippen molar-refractivity contribution in [1.82, 2.24) is 4.90 Å². The van der Waals surface area contributed by atoms with Gasteiger partial charge in [-0.25, -0.2) is 0 Å². The first kappa shape index (κ1) is 17.0. The van der Waals surface area contributed by atoms with Gasteiger partial charge in [0, 0.05) is 4.88 Å². The predicted octanol–water partition coefficient (Wildman–Crippen LogP) is 4.14. The maximum absolute atomic E-state index is 6.07. The summed E-state index contributed by atoms with van der Waals surface area (Å²) < 4.78 is 11.3. The minimum Gasteiger partial charge on any atom is -0.497 e. The van der Waals surface area contributed by atoms with E-state index in [-0.39, 0.29) is 5.54 Å². The summed E-state index contributed by atoms with van der Waals surface area (Å²) in [6.07, 6.45) is 1.01. The molecule has 1 aromatic heterocycles. The lowest BCUT2D eigenvalue weighted by Crippen LogP contribution is -2.44. The van der Waals surface area contributed by atoms with E-state index in [0.717, 1.165) is 17.7 Å². The highest BCUT2D eigenvalue weighted by Crippen LogP contribution is 2.34. The third kappa shape index (κ3) is 3.69. The molecule has 1 unspecified atom stereocenters. The third-order valence-corrected chi connectivity index (χ3v) is 5.23. The molecule has 0 aliphatic heterocycles. The van der Waals surface area contributed by atoms with E-state index < -0.39 is 0 Å². The molecule has 1 aromatic carbocycles. The van der Waals surface area contributed by atoms with Gasteiger partial charge in [-0.1, -0.05) is 25.1 Å². The highest BCUT2D eigenvalue weighted by atomic mass is 32.1. The van der Waals surface area contributed by atoms with Crippen molar-refractivity contribution < 1.29 is 9.47 Å². The summed E-state index contributed by atoms with van der Waals surface area (Å²) in [5.74, 6) is 0.869. The Morgan fingerprint density at radius 2 is 2.00 bits per heavy atom. The number of thiophene rings is 1. The number of ether oxygens (including phenoxy) is 2. The molecule has 1 heterocycles. The molecule has 0 fully saturated rings. The molecule has 120 valence electrons. The minimum atomic E-state index is -0.0625. The van der Waals surface area contributed by atoms with Gasteiger partial charge in [-0.05, 0) is 49.7 Å². The zero-order chi connectivity index (χ0) is 16.0. The Labute approximate surface area is 137 Å². The molecule has 0 amide bonds. The smallest absolute Gasteiger partial charge is 0.119 e. The van der Waals surface area contributed by atoms with Crippen molar-refractivity contribution >= 4 is 11.3 Å². The van der Waals surface area contributed by atoms with Crippen molar-refractivity contribution in [1.29, 1.82) is 0 Å². The van der Waals surface area contributed by atoms with Gasteiger partial charge in [0.15, 0.2) is 0 Å². The summed E-state index contributed by atoms with van der Waals surface area (Å²) in [4.78, 5) is 3.62. The Hall–Kier alpha value is -1.36. The maximum atomic E-state index is 6.07. The van der Waals surface area contributed by atoms with E-state index in [0.29, 0.717) is 13.2 Å². The Kier molecular flexibility index (Phi) is 6.00. The molecule has 22 heavy (non-hydrogen) atoms. The second-order valence-electron chi connectivity index (χ2n) is 5.60. The molecule has 4 heteroatoms. The van der Waals surface area contributed by atoms with Crippen LogP contribution in [0, 0.1) is 0 Å². The number of nitrogens with zero attached hydrogens (tertiary/aromatic N) is 1. The van der Waals surface area contributed by atoms with Crippen LogP contribution >= 0.6 is 11.3 Å². The van der Waals surface area contributed by atoms with Crippen LogP contribution in [0.4, 0.5) is 0 Å². The highest BCUT2D eigenvalue weighted by molar-refractivity contribution is 7.10. The van der Waals surface area contributed by atoms with Crippen molar-refractivity contribution in [3.63, 3.8) is 0 Å². The highest BCUT2D eigenvalue weighted by Gasteiger charge is 2.34. The molecule has 0 saturated carbocycles. The minimum absolute atomic E-state index is 0.0625. The first-order chi connectivity index (χ1) is 10.6. The van der Waals surface area contributed by atoms with E-state index in [2.05, 4.69) is 49.5 Å². The number of hydrogen-bond donors (Lipinski definition) is 0. The Bertz CT molecular complexity index is 568. The SMILES string of the molecule is CCC(COCc1cccc(OC)c1)(c1cccs1)N(C)C. The monoisotopic (exact) mass is 319 g/mol. The molecule has 0 bridgehead atoms. The molecule has 1 atom stereocenters. The number of benzene rings is 1. The average molecular weight is 319 g/mol. The second kappa shape index (κ2) is 7.77. The van der Waals surface area contributed by atoms with Crippen molar-refractivity contribution in [3.05, 3.63) is 52.2 Å². The largest absolute Gasteiger partial charge is 0.497 e. The lowest BCUT2D eigenvalue weighted by atomic mass is 9.93. The number of rotatable bonds is 8. The fourth-order valence-corrected chi connectivity index (χ4v) is 3.72. The molecular weight excluding hydrogens is 294 g/mol. The second-order valence-corrected chi connectivity index (χ2v) is 6.55. The summed E-state index contributed by atoms with van der Waals surface area (Å²) >= 11 is 1.79. The van der Waals surface area contributed by atoms with Crippen LogP contribution < -0.4 is 4.74 Å². The molecule has 0 aliphatic rings. The van der Waals surface area contributed by atoms with Crippen molar-refractivity contribution in [2.75, 3.05) is 27.8 Å². The quantitative estimate of drug-likeness (QED) is 0.730. The molecule has 0 N–H and O–H groups in total. The van der Waals surface area contributed by atoms with E-state index in [1.807, 2.05) is 18.2 Å². The summed E-state index contributed by atoms with van der Waals surface area (Å²) in [6.45, 7) is 3.49. The molecule has 0 radical (unpaired) electrons. The molecule has 0 spiro atoms. The maximum Gasteiger partial charge on any atom is 0.119 e. The summed E-state index contributed by atoms with van der Waals surface area (Å²) in [5.41, 5.74) is 1.07. The van der Waals surface area contributed by atoms with E-state index in [9.17, 15) is 0 Å².